The molecule has 2 aromatic rings. The maximum Gasteiger partial charge on any atom is 0.417 e. The van der Waals surface area contributed by atoms with Crippen LogP contribution in [0.5, 0.6) is 0 Å². The lowest BCUT2D eigenvalue weighted by Gasteiger charge is -2.06. The predicted octanol–water partition coefficient (Wildman–Crippen LogP) is 2.38. The van der Waals surface area contributed by atoms with Crippen LogP contribution in [-0.4, -0.2) is 21.1 Å². The fourth-order valence-electron chi connectivity index (χ4n) is 1.36. The van der Waals surface area contributed by atoms with Crippen LogP contribution in [0.2, 0.25) is 0 Å². The molecule has 2 rings (SSSR count). The Hall–Kier alpha value is -2.38. The molecule has 2 aromatic heterocycles. The molecule has 0 fully saturated rings. The molecule has 0 aliphatic carbocycles. The van der Waals surface area contributed by atoms with Crippen molar-refractivity contribution in [1.29, 1.82) is 0 Å². The zero-order valence-electron chi connectivity index (χ0n) is 9.75. The highest BCUT2D eigenvalue weighted by Gasteiger charge is 2.30. The lowest BCUT2D eigenvalue weighted by atomic mass is 10.2. The van der Waals surface area contributed by atoms with Crippen LogP contribution < -0.4 is 5.32 Å². The van der Waals surface area contributed by atoms with Crippen molar-refractivity contribution in [1.82, 2.24) is 15.2 Å². The summed E-state index contributed by atoms with van der Waals surface area (Å²) in [5, 5.41) is 8.81. The van der Waals surface area contributed by atoms with E-state index in [2.05, 4.69) is 20.5 Å². The SMILES string of the molecule is Cc1cc(NC(=O)c2ccc(C(F)(F)F)cn2)n[nH]1. The van der Waals surface area contributed by atoms with Crippen LogP contribution in [0, 0.1) is 6.92 Å². The van der Waals surface area contributed by atoms with Crippen molar-refractivity contribution < 1.29 is 18.0 Å². The minimum absolute atomic E-state index is 0.117. The third-order valence-corrected chi connectivity index (χ3v) is 2.27. The minimum Gasteiger partial charge on any atom is -0.304 e. The van der Waals surface area contributed by atoms with Gasteiger partial charge in [0.15, 0.2) is 5.82 Å². The third-order valence-electron chi connectivity index (χ3n) is 2.27. The summed E-state index contributed by atoms with van der Waals surface area (Å²) in [5.41, 5.74) is -0.274. The van der Waals surface area contributed by atoms with E-state index >= 15 is 0 Å². The standard InChI is InChI=1S/C11H9F3N4O/c1-6-4-9(18-17-6)16-10(19)8-3-2-7(5-15-8)11(12,13)14/h2-5H,1H3,(H2,16,17,18,19). The molecule has 0 aliphatic heterocycles. The molecule has 0 saturated carbocycles. The molecular weight excluding hydrogens is 261 g/mol. The van der Waals surface area contributed by atoms with Crippen molar-refractivity contribution in [3.05, 3.63) is 41.3 Å². The number of carbonyl (C=O) groups excluding carboxylic acids is 1. The number of hydrogen-bond acceptors (Lipinski definition) is 3. The van der Waals surface area contributed by atoms with Crippen LogP contribution in [0.4, 0.5) is 19.0 Å². The molecular formula is C11H9F3N4O. The van der Waals surface area contributed by atoms with Gasteiger partial charge in [0.25, 0.3) is 5.91 Å². The Morgan fingerprint density at radius 1 is 1.37 bits per heavy atom. The molecule has 0 unspecified atom stereocenters. The van der Waals surface area contributed by atoms with Crippen LogP contribution >= 0.6 is 0 Å². The van der Waals surface area contributed by atoms with E-state index in [9.17, 15) is 18.0 Å². The van der Waals surface area contributed by atoms with Gasteiger partial charge in [0.1, 0.15) is 5.69 Å². The molecule has 5 nitrogen and oxygen atoms in total. The summed E-state index contributed by atoms with van der Waals surface area (Å²) >= 11 is 0. The Balaban J connectivity index is 2.12. The Labute approximate surface area is 105 Å². The van der Waals surface area contributed by atoms with Crippen molar-refractivity contribution in [3.63, 3.8) is 0 Å². The quantitative estimate of drug-likeness (QED) is 0.880. The number of hydrogen-bond donors (Lipinski definition) is 2. The predicted molar refractivity (Wildman–Crippen MR) is 60.5 cm³/mol. The first-order chi connectivity index (χ1) is 8.86. The summed E-state index contributed by atoms with van der Waals surface area (Å²) < 4.78 is 36.9. The number of nitrogens with one attached hydrogen (secondary N) is 2. The van der Waals surface area contributed by atoms with Crippen LogP contribution in [0.25, 0.3) is 0 Å². The topological polar surface area (TPSA) is 70.7 Å². The minimum atomic E-state index is -4.47. The Kier molecular flexibility index (Phi) is 3.24. The fourth-order valence-corrected chi connectivity index (χ4v) is 1.36. The number of nitrogens with zero attached hydrogens (tertiary/aromatic N) is 2. The zero-order valence-corrected chi connectivity index (χ0v) is 9.75. The highest BCUT2D eigenvalue weighted by molar-refractivity contribution is 6.02. The number of rotatable bonds is 2. The lowest BCUT2D eigenvalue weighted by molar-refractivity contribution is -0.137. The highest BCUT2D eigenvalue weighted by Crippen LogP contribution is 2.28. The number of pyridine rings is 1. The van der Waals surface area contributed by atoms with Crippen LogP contribution in [0.1, 0.15) is 21.7 Å². The fraction of sp³-hybridized carbons (Fsp3) is 0.182. The van der Waals surface area contributed by atoms with Crippen molar-refractivity contribution in [2.24, 2.45) is 0 Å². The lowest BCUT2D eigenvalue weighted by Crippen LogP contribution is -2.15. The normalized spacial score (nSPS) is 11.4. The second-order valence-corrected chi connectivity index (χ2v) is 3.82. The van der Waals surface area contributed by atoms with E-state index in [4.69, 9.17) is 0 Å². The third kappa shape index (κ3) is 3.09. The number of alkyl halides is 3. The summed E-state index contributed by atoms with van der Waals surface area (Å²) in [6.45, 7) is 1.75. The van der Waals surface area contributed by atoms with Gasteiger partial charge in [-0.05, 0) is 19.1 Å². The van der Waals surface area contributed by atoms with Gasteiger partial charge in [0.05, 0.1) is 5.56 Å². The molecule has 0 saturated heterocycles. The van der Waals surface area contributed by atoms with E-state index in [0.717, 1.165) is 17.8 Å². The largest absolute Gasteiger partial charge is 0.417 e. The molecule has 19 heavy (non-hydrogen) atoms. The maximum atomic E-state index is 12.3. The molecule has 2 heterocycles. The number of aryl methyl sites for hydroxylation is 1. The zero-order chi connectivity index (χ0) is 14.0. The van der Waals surface area contributed by atoms with E-state index < -0.39 is 17.6 Å². The number of H-pyrrole nitrogens is 1. The van der Waals surface area contributed by atoms with E-state index in [1.807, 2.05) is 0 Å². The van der Waals surface area contributed by atoms with Crippen molar-refractivity contribution in [2.45, 2.75) is 13.1 Å². The van der Waals surface area contributed by atoms with Gasteiger partial charge < -0.3 is 5.32 Å². The molecule has 0 bridgehead atoms. The average molecular weight is 270 g/mol. The molecule has 100 valence electrons. The Bertz CT molecular complexity index is 589. The highest BCUT2D eigenvalue weighted by atomic mass is 19.4. The second-order valence-electron chi connectivity index (χ2n) is 3.82. The maximum absolute atomic E-state index is 12.3. The van der Waals surface area contributed by atoms with Crippen molar-refractivity contribution in [3.8, 4) is 0 Å². The molecule has 0 aromatic carbocycles. The van der Waals surface area contributed by atoms with Crippen LogP contribution in [0.3, 0.4) is 0 Å². The molecule has 1 amide bonds. The first-order valence-electron chi connectivity index (χ1n) is 5.23. The van der Waals surface area contributed by atoms with Gasteiger partial charge in [-0.1, -0.05) is 0 Å². The van der Waals surface area contributed by atoms with Crippen LogP contribution in [-0.2, 0) is 6.18 Å². The van der Waals surface area contributed by atoms with E-state index in [0.29, 0.717) is 6.20 Å². The molecule has 8 heteroatoms. The first-order valence-corrected chi connectivity index (χ1v) is 5.23. The number of amides is 1. The van der Waals surface area contributed by atoms with Gasteiger partial charge >= 0.3 is 6.18 Å². The van der Waals surface area contributed by atoms with Crippen molar-refractivity contribution in [2.75, 3.05) is 5.32 Å². The smallest absolute Gasteiger partial charge is 0.304 e. The number of anilines is 1. The number of aromatic nitrogens is 3. The van der Waals surface area contributed by atoms with Gasteiger partial charge in [-0.25, -0.2) is 0 Å². The summed E-state index contributed by atoms with van der Waals surface area (Å²) in [4.78, 5) is 15.2. The molecule has 0 aliphatic rings. The number of aromatic amines is 1. The Morgan fingerprint density at radius 2 is 2.11 bits per heavy atom. The second kappa shape index (κ2) is 4.71. The monoisotopic (exact) mass is 270 g/mol. The number of halogens is 3. The molecule has 0 atom stereocenters. The first kappa shape index (κ1) is 13.1. The Morgan fingerprint density at radius 3 is 2.58 bits per heavy atom. The van der Waals surface area contributed by atoms with Gasteiger partial charge in [-0.2, -0.15) is 18.3 Å². The van der Waals surface area contributed by atoms with Crippen LogP contribution in [0.15, 0.2) is 24.4 Å². The van der Waals surface area contributed by atoms with Crippen molar-refractivity contribution >= 4 is 11.7 Å². The summed E-state index contributed by atoms with van der Waals surface area (Å²) in [6, 6.07) is 3.40. The average Bonchev–Trinajstić information content (AvgIpc) is 2.74. The molecule has 2 N–H and O–H groups in total. The van der Waals surface area contributed by atoms with E-state index in [-0.39, 0.29) is 11.5 Å². The summed E-state index contributed by atoms with van der Waals surface area (Å²) in [5.74, 6) is -0.343. The van der Waals surface area contributed by atoms with E-state index in [1.54, 1.807) is 13.0 Å². The van der Waals surface area contributed by atoms with Gasteiger partial charge in [-0.3, -0.25) is 14.9 Å². The van der Waals surface area contributed by atoms with E-state index in [1.165, 1.54) is 0 Å². The summed E-state index contributed by atoms with van der Waals surface area (Å²) in [6.07, 6.45) is -3.86. The molecule has 0 spiro atoms. The number of carbonyl (C=O) groups is 1. The van der Waals surface area contributed by atoms with Gasteiger partial charge in [0.2, 0.25) is 0 Å². The summed E-state index contributed by atoms with van der Waals surface area (Å²) in [7, 11) is 0. The van der Waals surface area contributed by atoms with Gasteiger partial charge in [0, 0.05) is 18.0 Å². The molecule has 0 radical (unpaired) electrons. The van der Waals surface area contributed by atoms with Gasteiger partial charge in [-0.15, -0.1) is 0 Å².